The summed E-state index contributed by atoms with van der Waals surface area (Å²) in [6, 6.07) is 0.691. The molecule has 1 aromatic rings. The number of rotatable bonds is 3. The van der Waals surface area contributed by atoms with E-state index in [1.807, 2.05) is 0 Å². The Kier molecular flexibility index (Phi) is 2.83. The first-order chi connectivity index (χ1) is 6.38. The Hall–Kier alpha value is -0.570. The Morgan fingerprint density at radius 3 is 2.92 bits per heavy atom. The van der Waals surface area contributed by atoms with Crippen LogP contribution in [0.2, 0.25) is 0 Å². The van der Waals surface area contributed by atoms with Crippen LogP contribution in [-0.2, 0) is 6.42 Å². The lowest BCUT2D eigenvalue weighted by Crippen LogP contribution is -2.14. The van der Waals surface area contributed by atoms with Crippen LogP contribution < -0.4 is 5.32 Å². The van der Waals surface area contributed by atoms with Gasteiger partial charge in [-0.2, -0.15) is 0 Å². The van der Waals surface area contributed by atoms with Gasteiger partial charge in [0.25, 0.3) is 0 Å². The molecule has 0 unspecified atom stereocenters. The van der Waals surface area contributed by atoms with E-state index in [2.05, 4.69) is 22.6 Å². The number of aryl methyl sites for hydroxylation is 1. The Morgan fingerprint density at radius 2 is 2.31 bits per heavy atom. The zero-order chi connectivity index (χ0) is 9.10. The average Bonchev–Trinajstić information content (AvgIpc) is 2.76. The van der Waals surface area contributed by atoms with Crippen LogP contribution in [0, 0.1) is 0 Å². The van der Waals surface area contributed by atoms with E-state index >= 15 is 0 Å². The van der Waals surface area contributed by atoms with Gasteiger partial charge in [0.05, 0.1) is 5.69 Å². The number of thiazole rings is 1. The molecule has 0 radical (unpaired) electrons. The molecule has 2 rings (SSSR count). The molecule has 13 heavy (non-hydrogen) atoms. The summed E-state index contributed by atoms with van der Waals surface area (Å²) in [5.41, 5.74) is 1.21. The Labute approximate surface area is 83.4 Å². The van der Waals surface area contributed by atoms with E-state index < -0.39 is 0 Å². The molecule has 72 valence electrons. The lowest BCUT2D eigenvalue weighted by molar-refractivity contribution is 0.753. The molecule has 2 nitrogen and oxygen atoms in total. The smallest absolute Gasteiger partial charge is 0.183 e. The zero-order valence-electron chi connectivity index (χ0n) is 8.05. The van der Waals surface area contributed by atoms with E-state index in [-0.39, 0.29) is 0 Å². The van der Waals surface area contributed by atoms with Crippen molar-refractivity contribution in [3.63, 3.8) is 0 Å². The van der Waals surface area contributed by atoms with Crippen molar-refractivity contribution >= 4 is 16.5 Å². The van der Waals surface area contributed by atoms with Gasteiger partial charge in [-0.15, -0.1) is 11.3 Å². The number of hydrogen-bond donors (Lipinski definition) is 1. The van der Waals surface area contributed by atoms with Crippen molar-refractivity contribution in [1.82, 2.24) is 4.98 Å². The van der Waals surface area contributed by atoms with Crippen LogP contribution in [0.1, 0.15) is 38.3 Å². The molecule has 1 N–H and O–H groups in total. The predicted molar refractivity (Wildman–Crippen MR) is 57.4 cm³/mol. The van der Waals surface area contributed by atoms with E-state index in [9.17, 15) is 0 Å². The molecule has 0 atom stereocenters. The first kappa shape index (κ1) is 9.00. The van der Waals surface area contributed by atoms with Crippen LogP contribution in [0.4, 0.5) is 5.13 Å². The first-order valence-electron chi connectivity index (χ1n) is 5.09. The van der Waals surface area contributed by atoms with Gasteiger partial charge in [-0.3, -0.25) is 0 Å². The third-order valence-corrected chi connectivity index (χ3v) is 3.42. The highest BCUT2D eigenvalue weighted by Crippen LogP contribution is 2.24. The Morgan fingerprint density at radius 1 is 1.54 bits per heavy atom. The first-order valence-corrected chi connectivity index (χ1v) is 5.97. The summed E-state index contributed by atoms with van der Waals surface area (Å²) in [4.78, 5) is 4.50. The van der Waals surface area contributed by atoms with Gasteiger partial charge in [-0.05, 0) is 19.3 Å². The quantitative estimate of drug-likeness (QED) is 0.803. The summed E-state index contributed by atoms with van der Waals surface area (Å²) >= 11 is 1.74. The van der Waals surface area contributed by atoms with Crippen LogP contribution in [-0.4, -0.2) is 11.0 Å². The van der Waals surface area contributed by atoms with Gasteiger partial charge in [0.1, 0.15) is 0 Å². The van der Waals surface area contributed by atoms with Gasteiger partial charge in [0, 0.05) is 11.4 Å². The molecule has 1 aliphatic carbocycles. The maximum atomic E-state index is 4.50. The molecular weight excluding hydrogens is 180 g/mol. The van der Waals surface area contributed by atoms with E-state index in [1.54, 1.807) is 11.3 Å². The molecule has 1 saturated carbocycles. The summed E-state index contributed by atoms with van der Waals surface area (Å²) in [7, 11) is 0. The van der Waals surface area contributed by atoms with Gasteiger partial charge >= 0.3 is 0 Å². The number of hydrogen-bond acceptors (Lipinski definition) is 3. The van der Waals surface area contributed by atoms with Crippen LogP contribution >= 0.6 is 11.3 Å². The van der Waals surface area contributed by atoms with Crippen molar-refractivity contribution < 1.29 is 0 Å². The number of nitrogens with zero attached hydrogens (tertiary/aromatic N) is 1. The van der Waals surface area contributed by atoms with Crippen molar-refractivity contribution in [2.45, 2.75) is 45.1 Å². The molecule has 0 bridgehead atoms. The van der Waals surface area contributed by atoms with Crippen LogP contribution in [0.15, 0.2) is 5.38 Å². The van der Waals surface area contributed by atoms with Crippen molar-refractivity contribution in [3.05, 3.63) is 11.1 Å². The van der Waals surface area contributed by atoms with Gasteiger partial charge in [-0.25, -0.2) is 4.98 Å². The fourth-order valence-electron chi connectivity index (χ4n) is 1.78. The second kappa shape index (κ2) is 4.09. The van der Waals surface area contributed by atoms with E-state index in [0.29, 0.717) is 6.04 Å². The summed E-state index contributed by atoms with van der Waals surface area (Å²) < 4.78 is 0. The Bertz CT molecular complexity index is 264. The highest BCUT2D eigenvalue weighted by molar-refractivity contribution is 7.13. The molecule has 1 fully saturated rings. The molecule has 1 heterocycles. The van der Waals surface area contributed by atoms with E-state index in [4.69, 9.17) is 0 Å². The molecule has 0 saturated heterocycles. The molecule has 0 spiro atoms. The molecule has 1 aliphatic rings. The van der Waals surface area contributed by atoms with Crippen molar-refractivity contribution in [2.75, 3.05) is 5.32 Å². The van der Waals surface area contributed by atoms with Gasteiger partial charge in [0.15, 0.2) is 5.13 Å². The second-order valence-electron chi connectivity index (χ2n) is 3.62. The van der Waals surface area contributed by atoms with Gasteiger partial charge in [0.2, 0.25) is 0 Å². The minimum absolute atomic E-state index is 0.691. The number of nitrogens with one attached hydrogen (secondary N) is 1. The third-order valence-electron chi connectivity index (χ3n) is 2.60. The fourth-order valence-corrected chi connectivity index (χ4v) is 2.65. The number of anilines is 1. The summed E-state index contributed by atoms with van der Waals surface area (Å²) in [5, 5.41) is 6.77. The minimum Gasteiger partial charge on any atom is -0.359 e. The second-order valence-corrected chi connectivity index (χ2v) is 4.48. The molecular formula is C10H16N2S. The summed E-state index contributed by atoms with van der Waals surface area (Å²) in [5.74, 6) is 0. The van der Waals surface area contributed by atoms with Crippen molar-refractivity contribution in [3.8, 4) is 0 Å². The zero-order valence-corrected chi connectivity index (χ0v) is 8.86. The molecule has 0 aromatic carbocycles. The normalized spacial score (nSPS) is 17.9. The minimum atomic E-state index is 0.691. The highest BCUT2D eigenvalue weighted by atomic mass is 32.1. The summed E-state index contributed by atoms with van der Waals surface area (Å²) in [6.07, 6.45) is 6.44. The van der Waals surface area contributed by atoms with Crippen LogP contribution in [0.25, 0.3) is 0 Å². The number of aromatic nitrogens is 1. The highest BCUT2D eigenvalue weighted by Gasteiger charge is 2.15. The lowest BCUT2D eigenvalue weighted by Gasteiger charge is -2.09. The van der Waals surface area contributed by atoms with Gasteiger partial charge in [-0.1, -0.05) is 19.8 Å². The third kappa shape index (κ3) is 2.21. The van der Waals surface area contributed by atoms with Gasteiger partial charge < -0.3 is 5.32 Å². The molecule has 0 amide bonds. The fraction of sp³-hybridized carbons (Fsp3) is 0.700. The standard InChI is InChI=1S/C10H16N2S/c1-2-8-7-13-10(11-8)12-9-5-3-4-6-9/h7,9H,2-6H2,1H3,(H,11,12). The van der Waals surface area contributed by atoms with E-state index in [0.717, 1.165) is 11.6 Å². The molecule has 0 aliphatic heterocycles. The lowest BCUT2D eigenvalue weighted by atomic mass is 10.3. The monoisotopic (exact) mass is 196 g/mol. The van der Waals surface area contributed by atoms with Crippen LogP contribution in [0.5, 0.6) is 0 Å². The van der Waals surface area contributed by atoms with Crippen molar-refractivity contribution in [2.24, 2.45) is 0 Å². The SMILES string of the molecule is CCc1csc(NC2CCCC2)n1. The summed E-state index contributed by atoms with van der Waals surface area (Å²) in [6.45, 7) is 2.15. The average molecular weight is 196 g/mol. The van der Waals surface area contributed by atoms with E-state index in [1.165, 1.54) is 31.4 Å². The maximum absolute atomic E-state index is 4.50. The Balaban J connectivity index is 1.92. The topological polar surface area (TPSA) is 24.9 Å². The van der Waals surface area contributed by atoms with Crippen molar-refractivity contribution in [1.29, 1.82) is 0 Å². The maximum Gasteiger partial charge on any atom is 0.183 e. The molecule has 1 aromatic heterocycles. The van der Waals surface area contributed by atoms with Crippen LogP contribution in [0.3, 0.4) is 0 Å². The molecule has 3 heteroatoms. The predicted octanol–water partition coefficient (Wildman–Crippen LogP) is 3.06. The largest absolute Gasteiger partial charge is 0.359 e.